The Balaban J connectivity index is 1.40. The van der Waals surface area contributed by atoms with Gasteiger partial charge < -0.3 is 15.4 Å². The molecule has 6 heteroatoms. The molecule has 0 fully saturated rings. The maximum atomic E-state index is 12.6. The van der Waals surface area contributed by atoms with E-state index < -0.39 is 0 Å². The number of methoxy groups -OCH3 is 1. The number of nitrogens with zero attached hydrogens (tertiary/aromatic N) is 1. The Bertz CT molecular complexity index is 1420. The average Bonchev–Trinajstić information content (AvgIpc) is 3.03. The number of aliphatic imine (C=N–C) groups is 1. The lowest BCUT2D eigenvalue weighted by Crippen LogP contribution is -2.15. The van der Waals surface area contributed by atoms with Gasteiger partial charge in [-0.2, -0.15) is 0 Å². The summed E-state index contributed by atoms with van der Waals surface area (Å²) in [4.78, 5) is 29.5. The van der Waals surface area contributed by atoms with E-state index in [9.17, 15) is 9.59 Å². The highest BCUT2D eigenvalue weighted by Gasteiger charge is 2.20. The van der Waals surface area contributed by atoms with Crippen LogP contribution in [0.5, 0.6) is 5.75 Å². The van der Waals surface area contributed by atoms with Crippen LogP contribution in [-0.4, -0.2) is 31.2 Å². The lowest BCUT2D eigenvalue weighted by atomic mass is 9.96. The molecule has 0 atom stereocenters. The number of benzene rings is 4. The van der Waals surface area contributed by atoms with Crippen molar-refractivity contribution in [2.75, 3.05) is 24.3 Å². The zero-order valence-corrected chi connectivity index (χ0v) is 18.7. The van der Waals surface area contributed by atoms with Gasteiger partial charge in [-0.05, 0) is 23.6 Å². The van der Waals surface area contributed by atoms with Gasteiger partial charge in [0, 0.05) is 27.8 Å². The molecule has 5 rings (SSSR count). The Morgan fingerprint density at radius 1 is 0.971 bits per heavy atom. The lowest BCUT2D eigenvalue weighted by molar-refractivity contribution is -0.116. The zero-order chi connectivity index (χ0) is 23.5. The predicted molar refractivity (Wildman–Crippen MR) is 135 cm³/mol. The Kier molecular flexibility index (Phi) is 5.79. The average molecular weight is 450 g/mol. The molecule has 0 spiro atoms. The second-order valence-electron chi connectivity index (χ2n) is 8.04. The third-order valence-corrected chi connectivity index (χ3v) is 5.81. The molecule has 2 amide bonds. The van der Waals surface area contributed by atoms with Crippen LogP contribution < -0.4 is 15.4 Å². The molecule has 168 valence electrons. The Labute approximate surface area is 197 Å². The van der Waals surface area contributed by atoms with Gasteiger partial charge in [0.25, 0.3) is 0 Å². The van der Waals surface area contributed by atoms with Gasteiger partial charge in [-0.15, -0.1) is 0 Å². The quantitative estimate of drug-likeness (QED) is 0.459. The number of para-hydroxylation sites is 1. The molecule has 0 aromatic heterocycles. The SMILES string of the molecule is COc1ccccc1CC(=O)Nc1ccc(C2=NCC(=O)Nc3c2ccc2ccccc32)cc1. The fraction of sp³-hybridized carbons (Fsp3) is 0.107. The van der Waals surface area contributed by atoms with Gasteiger partial charge in [0.1, 0.15) is 12.3 Å². The van der Waals surface area contributed by atoms with Crippen LogP contribution in [0.15, 0.2) is 89.9 Å². The Hall–Kier alpha value is -4.45. The summed E-state index contributed by atoms with van der Waals surface area (Å²) >= 11 is 0. The Morgan fingerprint density at radius 2 is 1.74 bits per heavy atom. The van der Waals surface area contributed by atoms with Crippen LogP contribution >= 0.6 is 0 Å². The minimum Gasteiger partial charge on any atom is -0.496 e. The first-order chi connectivity index (χ1) is 16.6. The van der Waals surface area contributed by atoms with E-state index in [1.54, 1.807) is 7.11 Å². The fourth-order valence-corrected chi connectivity index (χ4v) is 4.20. The van der Waals surface area contributed by atoms with E-state index in [0.717, 1.165) is 38.9 Å². The number of nitrogens with one attached hydrogen (secondary N) is 2. The van der Waals surface area contributed by atoms with Gasteiger partial charge in [0.2, 0.25) is 11.8 Å². The molecule has 0 unspecified atom stereocenters. The fourth-order valence-electron chi connectivity index (χ4n) is 4.20. The van der Waals surface area contributed by atoms with Crippen molar-refractivity contribution in [1.82, 2.24) is 0 Å². The maximum absolute atomic E-state index is 12.6. The molecule has 1 aliphatic heterocycles. The van der Waals surface area contributed by atoms with Crippen molar-refractivity contribution in [3.8, 4) is 5.75 Å². The van der Waals surface area contributed by atoms with Gasteiger partial charge in [0.05, 0.1) is 24.9 Å². The molecular weight excluding hydrogens is 426 g/mol. The molecule has 0 aliphatic carbocycles. The van der Waals surface area contributed by atoms with E-state index in [0.29, 0.717) is 11.4 Å². The first kappa shape index (κ1) is 21.4. The van der Waals surface area contributed by atoms with Crippen molar-refractivity contribution in [3.63, 3.8) is 0 Å². The van der Waals surface area contributed by atoms with Crippen LogP contribution in [0, 0.1) is 0 Å². The van der Waals surface area contributed by atoms with E-state index in [4.69, 9.17) is 4.74 Å². The monoisotopic (exact) mass is 449 g/mol. The topological polar surface area (TPSA) is 79.8 Å². The van der Waals surface area contributed by atoms with E-state index in [1.165, 1.54) is 0 Å². The summed E-state index contributed by atoms with van der Waals surface area (Å²) in [5.41, 5.74) is 4.77. The molecule has 4 aromatic rings. The third-order valence-electron chi connectivity index (χ3n) is 5.81. The number of carbonyl (C=O) groups is 2. The minimum absolute atomic E-state index is 0.0513. The van der Waals surface area contributed by atoms with Crippen molar-refractivity contribution in [3.05, 3.63) is 102 Å². The highest BCUT2D eigenvalue weighted by atomic mass is 16.5. The van der Waals surface area contributed by atoms with E-state index in [1.807, 2.05) is 84.9 Å². The number of carbonyl (C=O) groups excluding carboxylic acids is 2. The number of ether oxygens (including phenoxy) is 1. The smallest absolute Gasteiger partial charge is 0.246 e. The normalized spacial score (nSPS) is 12.9. The number of hydrogen-bond donors (Lipinski definition) is 2. The van der Waals surface area contributed by atoms with Crippen LogP contribution in [-0.2, 0) is 16.0 Å². The van der Waals surface area contributed by atoms with Gasteiger partial charge in [0.15, 0.2) is 0 Å². The molecule has 2 N–H and O–H groups in total. The molecule has 1 aliphatic rings. The summed E-state index contributed by atoms with van der Waals surface area (Å²) in [6.45, 7) is 0.0513. The van der Waals surface area contributed by atoms with Crippen molar-refractivity contribution in [2.24, 2.45) is 4.99 Å². The van der Waals surface area contributed by atoms with E-state index in [2.05, 4.69) is 15.6 Å². The van der Waals surface area contributed by atoms with Gasteiger partial charge in [-0.1, -0.05) is 66.7 Å². The summed E-state index contributed by atoms with van der Waals surface area (Å²) < 4.78 is 5.33. The first-order valence-corrected chi connectivity index (χ1v) is 11.0. The predicted octanol–water partition coefficient (Wildman–Crippen LogP) is 4.82. The number of hydrogen-bond acceptors (Lipinski definition) is 4. The van der Waals surface area contributed by atoms with Crippen LogP contribution in [0.2, 0.25) is 0 Å². The largest absolute Gasteiger partial charge is 0.496 e. The summed E-state index contributed by atoms with van der Waals surface area (Å²) in [7, 11) is 1.59. The summed E-state index contributed by atoms with van der Waals surface area (Å²) in [6, 6.07) is 27.0. The van der Waals surface area contributed by atoms with Gasteiger partial charge >= 0.3 is 0 Å². The summed E-state index contributed by atoms with van der Waals surface area (Å²) in [6.07, 6.45) is 0.215. The van der Waals surface area contributed by atoms with Crippen LogP contribution in [0.4, 0.5) is 11.4 Å². The van der Waals surface area contributed by atoms with Gasteiger partial charge in [-0.25, -0.2) is 0 Å². The van der Waals surface area contributed by atoms with Crippen molar-refractivity contribution in [1.29, 1.82) is 0 Å². The third kappa shape index (κ3) is 4.26. The number of fused-ring (bicyclic) bond motifs is 3. The zero-order valence-electron chi connectivity index (χ0n) is 18.7. The van der Waals surface area contributed by atoms with Crippen molar-refractivity contribution < 1.29 is 14.3 Å². The lowest BCUT2D eigenvalue weighted by Gasteiger charge is -2.14. The van der Waals surface area contributed by atoms with Crippen molar-refractivity contribution in [2.45, 2.75) is 6.42 Å². The molecule has 1 heterocycles. The summed E-state index contributed by atoms with van der Waals surface area (Å²) in [5, 5.41) is 7.98. The minimum atomic E-state index is -0.146. The molecule has 0 radical (unpaired) electrons. The van der Waals surface area contributed by atoms with Crippen LogP contribution in [0.3, 0.4) is 0 Å². The highest BCUT2D eigenvalue weighted by Crippen LogP contribution is 2.31. The van der Waals surface area contributed by atoms with Crippen LogP contribution in [0.1, 0.15) is 16.7 Å². The van der Waals surface area contributed by atoms with Gasteiger partial charge in [-0.3, -0.25) is 14.6 Å². The molecule has 0 saturated carbocycles. The molecule has 34 heavy (non-hydrogen) atoms. The molecule has 6 nitrogen and oxygen atoms in total. The summed E-state index contributed by atoms with van der Waals surface area (Å²) in [5.74, 6) is 0.414. The Morgan fingerprint density at radius 3 is 2.56 bits per heavy atom. The second-order valence-corrected chi connectivity index (χ2v) is 8.04. The molecule has 4 aromatic carbocycles. The maximum Gasteiger partial charge on any atom is 0.246 e. The second kappa shape index (κ2) is 9.19. The number of rotatable bonds is 5. The molecule has 0 saturated heterocycles. The highest BCUT2D eigenvalue weighted by molar-refractivity contribution is 6.23. The standard InChI is InChI=1S/C28H23N3O3/c1-34-24-9-5-3-7-20(24)16-25(32)30-21-13-10-19(11-14-21)27-23-15-12-18-6-2-4-8-22(18)28(23)31-26(33)17-29-27/h2-15H,16-17H2,1H3,(H,30,32)(H,31,33). The molecular formula is C28H23N3O3. The number of anilines is 2. The van der Waals surface area contributed by atoms with E-state index >= 15 is 0 Å². The van der Waals surface area contributed by atoms with Crippen LogP contribution in [0.25, 0.3) is 10.8 Å². The number of amides is 2. The van der Waals surface area contributed by atoms with Crippen molar-refractivity contribution >= 4 is 39.7 Å². The van der Waals surface area contributed by atoms with E-state index in [-0.39, 0.29) is 24.8 Å². The first-order valence-electron chi connectivity index (χ1n) is 11.0. The molecule has 0 bridgehead atoms.